The predicted octanol–water partition coefficient (Wildman–Crippen LogP) is 3.46. The van der Waals surface area contributed by atoms with E-state index >= 15 is 0 Å². The van der Waals surface area contributed by atoms with Gasteiger partial charge >= 0.3 is 6.01 Å². The highest BCUT2D eigenvalue weighted by atomic mass is 35.5. The molecule has 1 aliphatic rings. The van der Waals surface area contributed by atoms with Gasteiger partial charge in [-0.15, -0.1) is 12.4 Å². The standard InChI is InChI=1S/C24H22F2N6O2.ClH/c1-30-7-9-31(10-8-30)24-27-23(29-34-24)17-4-2-3-16(11-17)15-32-22(33)6-5-21(28-32)18-12-19(25)14-20(26)13-18;/h2-6,11-14H,7-10,15H2,1H3;1H. The fraction of sp³-hybridized carbons (Fsp3) is 0.250. The third-order valence-corrected chi connectivity index (χ3v) is 5.73. The van der Waals surface area contributed by atoms with Crippen LogP contribution in [-0.2, 0) is 6.54 Å². The molecule has 0 unspecified atom stereocenters. The lowest BCUT2D eigenvalue weighted by molar-refractivity contribution is 0.298. The molecule has 8 nitrogen and oxygen atoms in total. The minimum atomic E-state index is -0.710. The summed E-state index contributed by atoms with van der Waals surface area (Å²) >= 11 is 0. The molecule has 11 heteroatoms. The number of piperazine rings is 1. The summed E-state index contributed by atoms with van der Waals surface area (Å²) in [6.45, 7) is 3.66. The molecule has 3 heterocycles. The van der Waals surface area contributed by atoms with E-state index in [-0.39, 0.29) is 30.1 Å². The van der Waals surface area contributed by atoms with Crippen LogP contribution in [0.3, 0.4) is 0 Å². The molecule has 0 spiro atoms. The van der Waals surface area contributed by atoms with E-state index in [9.17, 15) is 13.6 Å². The summed E-state index contributed by atoms with van der Waals surface area (Å²) in [5, 5.41) is 8.42. The molecule has 35 heavy (non-hydrogen) atoms. The molecule has 5 rings (SSSR count). The van der Waals surface area contributed by atoms with Gasteiger partial charge in [-0.05, 0) is 36.9 Å². The molecule has 0 atom stereocenters. The smallest absolute Gasteiger partial charge is 0.322 e. The number of rotatable bonds is 5. The second-order valence-electron chi connectivity index (χ2n) is 8.26. The Morgan fingerprint density at radius 3 is 2.43 bits per heavy atom. The zero-order valence-electron chi connectivity index (χ0n) is 18.9. The van der Waals surface area contributed by atoms with Gasteiger partial charge in [0.1, 0.15) is 11.6 Å². The van der Waals surface area contributed by atoms with Gasteiger partial charge in [-0.2, -0.15) is 10.1 Å². The van der Waals surface area contributed by atoms with E-state index in [0.29, 0.717) is 17.5 Å². The molecule has 0 aliphatic carbocycles. The summed E-state index contributed by atoms with van der Waals surface area (Å²) in [6, 6.07) is 13.8. The minimum absolute atomic E-state index is 0. The van der Waals surface area contributed by atoms with E-state index in [1.807, 2.05) is 24.3 Å². The van der Waals surface area contributed by atoms with Crippen molar-refractivity contribution in [3.8, 4) is 22.6 Å². The Hall–Kier alpha value is -3.63. The molecule has 0 N–H and O–H groups in total. The van der Waals surface area contributed by atoms with Crippen molar-refractivity contribution in [3.63, 3.8) is 0 Å². The summed E-state index contributed by atoms with van der Waals surface area (Å²) in [5.74, 6) is -0.961. The lowest BCUT2D eigenvalue weighted by atomic mass is 10.1. The van der Waals surface area contributed by atoms with Crippen LogP contribution in [0.25, 0.3) is 22.6 Å². The molecular weight excluding hydrogens is 478 g/mol. The van der Waals surface area contributed by atoms with E-state index < -0.39 is 11.6 Å². The largest absolute Gasteiger partial charge is 0.324 e. The second-order valence-corrected chi connectivity index (χ2v) is 8.26. The van der Waals surface area contributed by atoms with Crippen molar-refractivity contribution >= 4 is 18.4 Å². The van der Waals surface area contributed by atoms with Crippen molar-refractivity contribution in [2.24, 2.45) is 0 Å². The van der Waals surface area contributed by atoms with Crippen LogP contribution in [-0.4, -0.2) is 58.0 Å². The highest BCUT2D eigenvalue weighted by molar-refractivity contribution is 5.85. The van der Waals surface area contributed by atoms with Crippen LogP contribution in [0, 0.1) is 11.6 Å². The van der Waals surface area contributed by atoms with Crippen LogP contribution in [0.2, 0.25) is 0 Å². The summed E-state index contributed by atoms with van der Waals surface area (Å²) in [6.07, 6.45) is 0. The maximum Gasteiger partial charge on any atom is 0.324 e. The van der Waals surface area contributed by atoms with Crippen LogP contribution < -0.4 is 10.5 Å². The Morgan fingerprint density at radius 1 is 0.943 bits per heavy atom. The van der Waals surface area contributed by atoms with Gasteiger partial charge in [0.2, 0.25) is 5.82 Å². The van der Waals surface area contributed by atoms with E-state index in [1.54, 1.807) is 0 Å². The number of halogens is 3. The first-order valence-corrected chi connectivity index (χ1v) is 10.9. The SMILES string of the molecule is CN1CCN(c2nc(-c3cccc(Cn4nc(-c5cc(F)cc(F)c5)ccc4=O)c3)no2)CC1.Cl. The Bertz CT molecular complexity index is 1360. The van der Waals surface area contributed by atoms with Crippen LogP contribution in [0.15, 0.2) is 63.9 Å². The van der Waals surface area contributed by atoms with Gasteiger partial charge in [-0.1, -0.05) is 23.4 Å². The number of likely N-dealkylation sites (N-methyl/N-ethyl adjacent to an activating group) is 1. The monoisotopic (exact) mass is 500 g/mol. The van der Waals surface area contributed by atoms with E-state index in [0.717, 1.165) is 43.4 Å². The van der Waals surface area contributed by atoms with Crippen molar-refractivity contribution in [2.45, 2.75) is 6.54 Å². The lowest BCUT2D eigenvalue weighted by Gasteiger charge is -2.30. The van der Waals surface area contributed by atoms with Crippen LogP contribution in [0.1, 0.15) is 5.56 Å². The quantitative estimate of drug-likeness (QED) is 0.415. The van der Waals surface area contributed by atoms with Gasteiger partial charge in [-0.25, -0.2) is 13.5 Å². The number of benzene rings is 2. The van der Waals surface area contributed by atoms with Gasteiger partial charge in [-0.3, -0.25) is 4.79 Å². The number of anilines is 1. The Balaban J connectivity index is 0.00000289. The molecule has 1 aliphatic heterocycles. The summed E-state index contributed by atoms with van der Waals surface area (Å²) < 4.78 is 34.0. The van der Waals surface area contributed by atoms with Gasteiger partial charge in [0.15, 0.2) is 0 Å². The van der Waals surface area contributed by atoms with Crippen LogP contribution >= 0.6 is 12.4 Å². The number of nitrogens with zero attached hydrogens (tertiary/aromatic N) is 6. The fourth-order valence-corrected chi connectivity index (χ4v) is 3.86. The lowest BCUT2D eigenvalue weighted by Crippen LogP contribution is -2.44. The molecular formula is C24H23ClF2N6O2. The van der Waals surface area contributed by atoms with Crippen molar-refractivity contribution < 1.29 is 13.3 Å². The highest BCUT2D eigenvalue weighted by Crippen LogP contribution is 2.22. The molecule has 0 amide bonds. The van der Waals surface area contributed by atoms with Crippen LogP contribution in [0.5, 0.6) is 0 Å². The maximum atomic E-state index is 13.6. The Labute approximate surface area is 206 Å². The molecule has 1 fully saturated rings. The minimum Gasteiger partial charge on any atom is -0.322 e. The highest BCUT2D eigenvalue weighted by Gasteiger charge is 2.20. The summed E-state index contributed by atoms with van der Waals surface area (Å²) in [7, 11) is 2.08. The molecule has 2 aromatic heterocycles. The van der Waals surface area contributed by atoms with Crippen molar-refractivity contribution in [3.05, 3.63) is 82.1 Å². The van der Waals surface area contributed by atoms with Crippen molar-refractivity contribution in [2.75, 3.05) is 38.1 Å². The molecule has 182 valence electrons. The topological polar surface area (TPSA) is 80.3 Å². The van der Waals surface area contributed by atoms with Gasteiger partial charge < -0.3 is 14.3 Å². The molecule has 0 radical (unpaired) electrons. The predicted molar refractivity (Wildman–Crippen MR) is 130 cm³/mol. The Kier molecular flexibility index (Phi) is 7.23. The third kappa shape index (κ3) is 5.55. The third-order valence-electron chi connectivity index (χ3n) is 5.73. The first-order chi connectivity index (χ1) is 16.4. The average molecular weight is 501 g/mol. The fourth-order valence-electron chi connectivity index (χ4n) is 3.86. The second kappa shape index (κ2) is 10.3. The van der Waals surface area contributed by atoms with Crippen molar-refractivity contribution in [1.82, 2.24) is 24.8 Å². The zero-order chi connectivity index (χ0) is 23.7. The van der Waals surface area contributed by atoms with Gasteiger partial charge in [0, 0.05) is 49.4 Å². The van der Waals surface area contributed by atoms with Crippen molar-refractivity contribution in [1.29, 1.82) is 0 Å². The normalized spacial score (nSPS) is 14.1. The first kappa shape index (κ1) is 24.5. The maximum absolute atomic E-state index is 13.6. The zero-order valence-corrected chi connectivity index (χ0v) is 19.7. The molecule has 4 aromatic rings. The first-order valence-electron chi connectivity index (χ1n) is 10.9. The van der Waals surface area contributed by atoms with E-state index in [2.05, 4.69) is 32.1 Å². The Morgan fingerprint density at radius 2 is 1.69 bits per heavy atom. The molecule has 0 saturated carbocycles. The summed E-state index contributed by atoms with van der Waals surface area (Å²) in [4.78, 5) is 21.2. The van der Waals surface area contributed by atoms with E-state index in [1.165, 1.54) is 28.9 Å². The average Bonchev–Trinajstić information content (AvgIpc) is 3.31. The van der Waals surface area contributed by atoms with Gasteiger partial charge in [0.05, 0.1) is 12.2 Å². The number of hydrogen-bond acceptors (Lipinski definition) is 7. The molecule has 1 saturated heterocycles. The van der Waals surface area contributed by atoms with E-state index in [4.69, 9.17) is 4.52 Å². The summed E-state index contributed by atoms with van der Waals surface area (Å²) in [5.41, 5.74) is 1.76. The van der Waals surface area contributed by atoms with Gasteiger partial charge in [0.25, 0.3) is 5.56 Å². The number of aromatic nitrogens is 4. The molecule has 2 aromatic carbocycles. The number of hydrogen-bond donors (Lipinski definition) is 0. The molecule has 0 bridgehead atoms. The van der Waals surface area contributed by atoms with Crippen LogP contribution in [0.4, 0.5) is 14.8 Å².